The summed E-state index contributed by atoms with van der Waals surface area (Å²) in [7, 11) is 0. The van der Waals surface area contributed by atoms with E-state index in [0.29, 0.717) is 22.1 Å². The molecule has 4 heteroatoms. The fraction of sp³-hybridized carbons (Fsp3) is 0. The van der Waals surface area contributed by atoms with Gasteiger partial charge in [-0.25, -0.2) is 0 Å². The number of rotatable bonds is 2. The van der Waals surface area contributed by atoms with Crippen LogP contribution >= 0.6 is 11.6 Å². The second kappa shape index (κ2) is 4.77. The molecule has 0 aromatic heterocycles. The fourth-order valence-corrected chi connectivity index (χ4v) is 1.55. The highest BCUT2D eigenvalue weighted by Gasteiger charge is 2.08. The van der Waals surface area contributed by atoms with E-state index in [1.165, 1.54) is 12.1 Å². The van der Waals surface area contributed by atoms with Crippen LogP contribution in [0.1, 0.15) is 5.56 Å². The van der Waals surface area contributed by atoms with Gasteiger partial charge >= 0.3 is 0 Å². The molecule has 0 bridgehead atoms. The van der Waals surface area contributed by atoms with Crippen molar-refractivity contribution in [2.45, 2.75) is 0 Å². The normalized spacial score (nSPS) is 9.65. The van der Waals surface area contributed by atoms with E-state index in [0.717, 1.165) is 0 Å². The first-order valence-electron chi connectivity index (χ1n) is 4.86. The first-order chi connectivity index (χ1) is 8.20. The van der Waals surface area contributed by atoms with E-state index in [2.05, 4.69) is 0 Å². The Labute approximate surface area is 103 Å². The number of aromatic hydroxyl groups is 1. The highest BCUT2D eigenvalue weighted by atomic mass is 35.5. The van der Waals surface area contributed by atoms with E-state index in [-0.39, 0.29) is 5.75 Å². The van der Waals surface area contributed by atoms with Gasteiger partial charge in [0.15, 0.2) is 0 Å². The van der Waals surface area contributed by atoms with Crippen LogP contribution in [0.15, 0.2) is 42.5 Å². The van der Waals surface area contributed by atoms with Crippen molar-refractivity contribution in [3.05, 3.63) is 53.1 Å². The van der Waals surface area contributed by atoms with Gasteiger partial charge in [-0.1, -0.05) is 17.7 Å². The molecule has 0 radical (unpaired) electrons. The Morgan fingerprint density at radius 1 is 1.12 bits per heavy atom. The fourth-order valence-electron chi connectivity index (χ4n) is 1.34. The molecule has 0 fully saturated rings. The van der Waals surface area contributed by atoms with Crippen LogP contribution in [-0.2, 0) is 0 Å². The predicted molar refractivity (Wildman–Crippen MR) is 64.3 cm³/mol. The third-order valence-corrected chi connectivity index (χ3v) is 2.47. The molecule has 2 aromatic rings. The SMILES string of the molecule is N#Cc1c(Cl)cccc1Oc1ccc(O)cc1. The van der Waals surface area contributed by atoms with Gasteiger partial charge in [0.1, 0.15) is 28.9 Å². The summed E-state index contributed by atoms with van der Waals surface area (Å²) in [4.78, 5) is 0. The zero-order chi connectivity index (χ0) is 12.3. The summed E-state index contributed by atoms with van der Waals surface area (Å²) in [5.41, 5.74) is 0.294. The first kappa shape index (κ1) is 11.3. The summed E-state index contributed by atoms with van der Waals surface area (Å²) in [6.45, 7) is 0. The molecule has 0 saturated heterocycles. The van der Waals surface area contributed by atoms with Gasteiger partial charge < -0.3 is 9.84 Å². The number of benzene rings is 2. The van der Waals surface area contributed by atoms with Crippen LogP contribution in [0.25, 0.3) is 0 Å². The van der Waals surface area contributed by atoms with E-state index in [9.17, 15) is 0 Å². The van der Waals surface area contributed by atoms with E-state index in [1.807, 2.05) is 6.07 Å². The molecule has 17 heavy (non-hydrogen) atoms. The molecule has 3 nitrogen and oxygen atoms in total. The number of phenolic OH excluding ortho intramolecular Hbond substituents is 1. The minimum absolute atomic E-state index is 0.156. The van der Waals surface area contributed by atoms with Crippen molar-refractivity contribution in [3.8, 4) is 23.3 Å². The minimum atomic E-state index is 0.156. The molecule has 0 aliphatic heterocycles. The van der Waals surface area contributed by atoms with Crippen molar-refractivity contribution in [1.82, 2.24) is 0 Å². The second-order valence-electron chi connectivity index (χ2n) is 3.32. The van der Waals surface area contributed by atoms with Gasteiger partial charge in [0, 0.05) is 0 Å². The smallest absolute Gasteiger partial charge is 0.146 e. The zero-order valence-electron chi connectivity index (χ0n) is 8.72. The molecule has 0 saturated carbocycles. The Morgan fingerprint density at radius 3 is 2.47 bits per heavy atom. The number of hydrogen-bond acceptors (Lipinski definition) is 3. The highest BCUT2D eigenvalue weighted by molar-refractivity contribution is 6.31. The molecule has 0 heterocycles. The Hall–Kier alpha value is -2.18. The molecule has 2 rings (SSSR count). The van der Waals surface area contributed by atoms with E-state index in [1.54, 1.807) is 30.3 Å². The summed E-state index contributed by atoms with van der Waals surface area (Å²) in [6, 6.07) is 13.2. The maximum atomic E-state index is 9.14. The van der Waals surface area contributed by atoms with Gasteiger partial charge in [-0.3, -0.25) is 0 Å². The van der Waals surface area contributed by atoms with Crippen LogP contribution in [0.2, 0.25) is 5.02 Å². The lowest BCUT2D eigenvalue weighted by atomic mass is 10.2. The zero-order valence-corrected chi connectivity index (χ0v) is 9.48. The number of phenols is 1. The van der Waals surface area contributed by atoms with Gasteiger partial charge in [-0.15, -0.1) is 0 Å². The Bertz CT molecular complexity index is 573. The van der Waals surface area contributed by atoms with Gasteiger partial charge in [0.25, 0.3) is 0 Å². The predicted octanol–water partition coefficient (Wildman–Crippen LogP) is 3.71. The van der Waals surface area contributed by atoms with Gasteiger partial charge in [-0.05, 0) is 36.4 Å². The highest BCUT2D eigenvalue weighted by Crippen LogP contribution is 2.30. The van der Waals surface area contributed by atoms with Gasteiger partial charge in [0.05, 0.1) is 5.02 Å². The molecule has 0 aliphatic rings. The molecule has 1 N–H and O–H groups in total. The quantitative estimate of drug-likeness (QED) is 0.878. The molecule has 0 unspecified atom stereocenters. The number of hydrogen-bond donors (Lipinski definition) is 1. The second-order valence-corrected chi connectivity index (χ2v) is 3.73. The summed E-state index contributed by atoms with van der Waals surface area (Å²) < 4.78 is 5.52. The first-order valence-corrected chi connectivity index (χ1v) is 5.24. The standard InChI is InChI=1S/C13H8ClNO2/c14-12-2-1-3-13(11(12)8-15)17-10-6-4-9(16)5-7-10/h1-7,16H. The van der Waals surface area contributed by atoms with Crippen LogP contribution in [0, 0.1) is 11.3 Å². The average molecular weight is 246 g/mol. The van der Waals surface area contributed by atoms with Crippen molar-refractivity contribution in [3.63, 3.8) is 0 Å². The summed E-state index contributed by atoms with van der Waals surface area (Å²) >= 11 is 5.88. The van der Waals surface area contributed by atoms with Crippen LogP contribution in [0.3, 0.4) is 0 Å². The van der Waals surface area contributed by atoms with Crippen molar-refractivity contribution in [2.24, 2.45) is 0 Å². The molecule has 0 spiro atoms. The van der Waals surface area contributed by atoms with Crippen molar-refractivity contribution in [1.29, 1.82) is 5.26 Å². The molecular weight excluding hydrogens is 238 g/mol. The van der Waals surface area contributed by atoms with Crippen LogP contribution in [0.4, 0.5) is 0 Å². The number of halogens is 1. The maximum Gasteiger partial charge on any atom is 0.146 e. The van der Waals surface area contributed by atoms with E-state index < -0.39 is 0 Å². The topological polar surface area (TPSA) is 53.2 Å². The largest absolute Gasteiger partial charge is 0.508 e. The Kier molecular flexibility index (Phi) is 3.17. The van der Waals surface area contributed by atoms with Crippen LogP contribution in [0.5, 0.6) is 17.2 Å². The molecule has 0 atom stereocenters. The number of ether oxygens (including phenoxy) is 1. The van der Waals surface area contributed by atoms with Crippen molar-refractivity contribution < 1.29 is 9.84 Å². The number of nitriles is 1. The third kappa shape index (κ3) is 2.49. The lowest BCUT2D eigenvalue weighted by molar-refractivity contribution is 0.464. The Morgan fingerprint density at radius 2 is 1.82 bits per heavy atom. The maximum absolute atomic E-state index is 9.14. The van der Waals surface area contributed by atoms with E-state index >= 15 is 0 Å². The monoisotopic (exact) mass is 245 g/mol. The van der Waals surface area contributed by atoms with Crippen LogP contribution < -0.4 is 4.74 Å². The third-order valence-electron chi connectivity index (χ3n) is 2.15. The molecular formula is C13H8ClNO2. The lowest BCUT2D eigenvalue weighted by Gasteiger charge is -2.07. The Balaban J connectivity index is 2.34. The summed E-state index contributed by atoms with van der Waals surface area (Å²) in [5.74, 6) is 1.08. The molecule has 0 amide bonds. The van der Waals surface area contributed by atoms with Crippen molar-refractivity contribution >= 4 is 11.6 Å². The van der Waals surface area contributed by atoms with Crippen molar-refractivity contribution in [2.75, 3.05) is 0 Å². The molecule has 0 aliphatic carbocycles. The molecule has 84 valence electrons. The van der Waals surface area contributed by atoms with Crippen LogP contribution in [-0.4, -0.2) is 5.11 Å². The minimum Gasteiger partial charge on any atom is -0.508 e. The summed E-state index contributed by atoms with van der Waals surface area (Å²) in [6.07, 6.45) is 0. The number of nitrogens with zero attached hydrogens (tertiary/aromatic N) is 1. The van der Waals surface area contributed by atoms with Gasteiger partial charge in [0.2, 0.25) is 0 Å². The van der Waals surface area contributed by atoms with E-state index in [4.69, 9.17) is 26.7 Å². The average Bonchev–Trinajstić information content (AvgIpc) is 2.32. The molecule has 2 aromatic carbocycles. The lowest BCUT2D eigenvalue weighted by Crippen LogP contribution is -1.88. The summed E-state index contributed by atoms with van der Waals surface area (Å²) in [5, 5.41) is 18.5. The van der Waals surface area contributed by atoms with Gasteiger partial charge in [-0.2, -0.15) is 5.26 Å².